The van der Waals surface area contributed by atoms with Crippen molar-refractivity contribution < 1.29 is 19.4 Å². The molecule has 2 heterocycles. The van der Waals surface area contributed by atoms with Gasteiger partial charge < -0.3 is 19.6 Å². The Hall–Kier alpha value is -3.42. The molecule has 0 spiro atoms. The third-order valence-corrected chi connectivity index (χ3v) is 3.77. The number of aromatic nitrogens is 2. The van der Waals surface area contributed by atoms with Crippen molar-refractivity contribution in [3.63, 3.8) is 0 Å². The second-order valence-electron chi connectivity index (χ2n) is 5.54. The van der Waals surface area contributed by atoms with Crippen LogP contribution in [0.5, 0.6) is 5.75 Å². The first-order valence-corrected chi connectivity index (χ1v) is 7.45. The molecule has 8 heteroatoms. The second kappa shape index (κ2) is 6.60. The molecule has 128 valence electrons. The predicted octanol–water partition coefficient (Wildman–Crippen LogP) is 1.64. The minimum absolute atomic E-state index is 0.111. The minimum Gasteiger partial charge on any atom is -0.507 e. The lowest BCUT2D eigenvalue weighted by molar-refractivity contribution is -0.138. The van der Waals surface area contributed by atoms with E-state index in [0.29, 0.717) is 16.6 Å². The molecule has 0 unspecified atom stereocenters. The molecule has 8 nitrogen and oxygen atoms in total. The molecule has 3 aromatic rings. The van der Waals surface area contributed by atoms with Gasteiger partial charge in [0.05, 0.1) is 11.9 Å². The smallest absolute Gasteiger partial charge is 0.336 e. The van der Waals surface area contributed by atoms with Gasteiger partial charge >= 0.3 is 11.6 Å². The summed E-state index contributed by atoms with van der Waals surface area (Å²) in [7, 11) is 0. The van der Waals surface area contributed by atoms with Gasteiger partial charge in [0.15, 0.2) is 11.6 Å². The van der Waals surface area contributed by atoms with Crippen LogP contribution >= 0.6 is 0 Å². The van der Waals surface area contributed by atoms with Crippen molar-refractivity contribution in [1.82, 2.24) is 9.97 Å². The van der Waals surface area contributed by atoms with Gasteiger partial charge in [0.2, 0.25) is 0 Å². The zero-order chi connectivity index (χ0) is 18.0. The molecule has 3 N–H and O–H groups in total. The lowest BCUT2D eigenvalue weighted by atomic mass is 10.1. The summed E-state index contributed by atoms with van der Waals surface area (Å²) >= 11 is 0. The normalized spacial score (nSPS) is 12.7. The lowest BCUT2D eigenvalue weighted by Crippen LogP contribution is -2.21. The Morgan fingerprint density at radius 3 is 2.96 bits per heavy atom. The highest BCUT2D eigenvalue weighted by molar-refractivity contribution is 6.00. The number of aliphatic carboxylic acids is 1. The van der Waals surface area contributed by atoms with Gasteiger partial charge in [-0.1, -0.05) is 0 Å². The lowest BCUT2D eigenvalue weighted by Gasteiger charge is -2.08. The van der Waals surface area contributed by atoms with E-state index in [1.54, 1.807) is 13.0 Å². The highest BCUT2D eigenvalue weighted by atomic mass is 16.4. The number of imidazole rings is 1. The monoisotopic (exact) mass is 341 g/mol. The first-order valence-electron chi connectivity index (χ1n) is 7.45. The van der Waals surface area contributed by atoms with E-state index in [-0.39, 0.29) is 23.3 Å². The van der Waals surface area contributed by atoms with Crippen molar-refractivity contribution >= 4 is 23.2 Å². The van der Waals surface area contributed by atoms with Crippen LogP contribution in [0.1, 0.15) is 16.8 Å². The largest absolute Gasteiger partial charge is 0.507 e. The molecule has 3 rings (SSSR count). The zero-order valence-corrected chi connectivity index (χ0v) is 13.3. The number of rotatable bonds is 5. The Labute approximate surface area is 141 Å². The van der Waals surface area contributed by atoms with Gasteiger partial charge in [0.1, 0.15) is 5.75 Å². The van der Waals surface area contributed by atoms with E-state index in [4.69, 9.17) is 4.42 Å². The molecule has 0 amide bonds. The van der Waals surface area contributed by atoms with E-state index >= 15 is 0 Å². The van der Waals surface area contributed by atoms with Crippen LogP contribution in [0.25, 0.3) is 11.0 Å². The summed E-state index contributed by atoms with van der Waals surface area (Å²) in [5.74, 6) is -1.28. The predicted molar refractivity (Wildman–Crippen MR) is 90.2 cm³/mol. The highest BCUT2D eigenvalue weighted by Gasteiger charge is 2.18. The number of nitrogens with one attached hydrogen (secondary N) is 1. The fraction of sp³-hybridized carbons (Fsp3) is 0.176. The summed E-state index contributed by atoms with van der Waals surface area (Å²) in [6.45, 7) is 1.75. The molecular formula is C17H15N3O5. The summed E-state index contributed by atoms with van der Waals surface area (Å²) in [5.41, 5.74) is 1.08. The van der Waals surface area contributed by atoms with E-state index in [2.05, 4.69) is 15.0 Å². The maximum absolute atomic E-state index is 11.6. The number of carboxylic acids is 1. The van der Waals surface area contributed by atoms with Crippen molar-refractivity contribution in [2.24, 2.45) is 4.99 Å². The first kappa shape index (κ1) is 16.4. The number of H-pyrrole nitrogens is 1. The van der Waals surface area contributed by atoms with Crippen molar-refractivity contribution in [2.45, 2.75) is 19.4 Å². The fourth-order valence-corrected chi connectivity index (χ4v) is 2.49. The Morgan fingerprint density at radius 2 is 2.28 bits per heavy atom. The van der Waals surface area contributed by atoms with E-state index in [1.807, 2.05) is 0 Å². The number of carboxylic acid groups (broad SMARTS) is 1. The van der Waals surface area contributed by atoms with E-state index in [0.717, 1.165) is 0 Å². The van der Waals surface area contributed by atoms with Gasteiger partial charge in [-0.2, -0.15) is 0 Å². The molecule has 2 aromatic heterocycles. The van der Waals surface area contributed by atoms with Crippen LogP contribution < -0.4 is 5.63 Å². The van der Waals surface area contributed by atoms with Crippen LogP contribution in [0.2, 0.25) is 0 Å². The number of aromatic hydroxyl groups is 1. The van der Waals surface area contributed by atoms with Gasteiger partial charge in [-0.15, -0.1) is 0 Å². The Morgan fingerprint density at radius 1 is 1.48 bits per heavy atom. The number of phenols is 1. The summed E-state index contributed by atoms with van der Waals surface area (Å²) in [5, 5.41) is 20.1. The first-order chi connectivity index (χ1) is 12.0. The maximum atomic E-state index is 11.6. The molecule has 0 saturated heterocycles. The van der Waals surface area contributed by atoms with Gasteiger partial charge in [0.25, 0.3) is 0 Å². The summed E-state index contributed by atoms with van der Waals surface area (Å²) in [6, 6.07) is 3.34. The van der Waals surface area contributed by atoms with E-state index in [9.17, 15) is 19.8 Å². The Balaban J connectivity index is 2.03. The number of aliphatic imine (C=N–C) groups is 1. The molecule has 0 bridgehead atoms. The summed E-state index contributed by atoms with van der Waals surface area (Å²) < 4.78 is 5.18. The number of aromatic amines is 1. The van der Waals surface area contributed by atoms with Crippen LogP contribution in [0.3, 0.4) is 0 Å². The van der Waals surface area contributed by atoms with Crippen LogP contribution in [0, 0.1) is 6.92 Å². The molecule has 0 fully saturated rings. The van der Waals surface area contributed by atoms with Gasteiger partial charge in [-0.3, -0.25) is 4.99 Å². The van der Waals surface area contributed by atoms with E-state index < -0.39 is 17.6 Å². The second-order valence-corrected chi connectivity index (χ2v) is 5.54. The number of nitrogens with zero attached hydrogens (tertiary/aromatic N) is 2. The van der Waals surface area contributed by atoms with E-state index in [1.165, 1.54) is 30.9 Å². The van der Waals surface area contributed by atoms with Crippen molar-refractivity contribution in [3.8, 4) is 5.75 Å². The van der Waals surface area contributed by atoms with Crippen molar-refractivity contribution in [2.75, 3.05) is 0 Å². The van der Waals surface area contributed by atoms with Crippen molar-refractivity contribution in [3.05, 3.63) is 58.0 Å². The quantitative estimate of drug-likeness (QED) is 0.478. The molecule has 25 heavy (non-hydrogen) atoms. The van der Waals surface area contributed by atoms with Gasteiger partial charge in [0, 0.05) is 36.0 Å². The maximum Gasteiger partial charge on any atom is 0.336 e. The standard InChI is InChI=1S/C17H15N3O5/c1-9-4-15(22)25-16-11(9)2-3-14(21)12(16)7-19-13(17(23)24)5-10-6-18-8-20-10/h2-4,6-8,13,21H,5H2,1H3,(H,18,20)(H,23,24)/t13-/m0/s1. The minimum atomic E-state index is -1.12. The zero-order valence-electron chi connectivity index (χ0n) is 13.3. The molecular weight excluding hydrogens is 326 g/mol. The average Bonchev–Trinajstić information content (AvgIpc) is 3.05. The molecule has 0 aliphatic carbocycles. The summed E-state index contributed by atoms with van der Waals surface area (Å²) in [4.78, 5) is 33.7. The Kier molecular flexibility index (Phi) is 4.34. The third-order valence-electron chi connectivity index (χ3n) is 3.77. The van der Waals surface area contributed by atoms with Crippen molar-refractivity contribution in [1.29, 1.82) is 0 Å². The number of carbonyl (C=O) groups is 1. The number of fused-ring (bicyclic) bond motifs is 1. The molecule has 1 aromatic carbocycles. The SMILES string of the molecule is Cc1cc(=O)oc2c(C=N[C@@H](Cc3cnc[nH]3)C(=O)O)c(O)ccc12. The van der Waals surface area contributed by atoms with Crippen LogP contribution in [0.4, 0.5) is 0 Å². The average molecular weight is 341 g/mol. The number of hydrogen-bond acceptors (Lipinski definition) is 6. The number of hydrogen-bond donors (Lipinski definition) is 3. The summed E-state index contributed by atoms with van der Waals surface area (Å²) in [6.07, 6.45) is 4.30. The topological polar surface area (TPSA) is 129 Å². The molecule has 0 aliphatic heterocycles. The van der Waals surface area contributed by atoms with Gasteiger partial charge in [-0.25, -0.2) is 14.6 Å². The Bertz CT molecular complexity index is 1010. The van der Waals surface area contributed by atoms with Gasteiger partial charge in [-0.05, 0) is 24.6 Å². The molecule has 1 atom stereocenters. The van der Waals surface area contributed by atoms with Crippen LogP contribution in [-0.4, -0.2) is 38.4 Å². The number of benzene rings is 1. The fourth-order valence-electron chi connectivity index (χ4n) is 2.49. The molecule has 0 saturated carbocycles. The molecule has 0 aliphatic rings. The third kappa shape index (κ3) is 3.42. The number of aryl methyl sites for hydroxylation is 1. The van der Waals surface area contributed by atoms with Crippen LogP contribution in [-0.2, 0) is 11.2 Å². The number of phenolic OH excluding ortho intramolecular Hbond substituents is 1. The highest BCUT2D eigenvalue weighted by Crippen LogP contribution is 2.26. The van der Waals surface area contributed by atoms with Crippen LogP contribution in [0.15, 0.2) is 44.9 Å². The molecule has 0 radical (unpaired) electrons.